The Kier molecular flexibility index (Phi) is 10.2. The second-order valence-corrected chi connectivity index (χ2v) is 10.7. The van der Waals surface area contributed by atoms with Gasteiger partial charge in [-0.2, -0.15) is 0 Å². The van der Waals surface area contributed by atoms with Gasteiger partial charge in [0.15, 0.2) is 0 Å². The largest absolute Gasteiger partial charge is 0.492 e. The zero-order valence-electron chi connectivity index (χ0n) is 23.4. The Hall–Kier alpha value is -4.15. The quantitative estimate of drug-likeness (QED) is 0.441. The smallest absolute Gasteiger partial charge is 0.255 e. The number of carbonyl (C=O) groups is 4. The average Bonchev–Trinajstić information content (AvgIpc) is 3.44. The zero-order valence-corrected chi connectivity index (χ0v) is 23.4. The van der Waals surface area contributed by atoms with Crippen LogP contribution in [0.3, 0.4) is 0 Å². The molecule has 41 heavy (non-hydrogen) atoms. The lowest BCUT2D eigenvalue weighted by Crippen LogP contribution is -2.54. The summed E-state index contributed by atoms with van der Waals surface area (Å²) < 4.78 is 24.7. The minimum absolute atomic E-state index is 0.0858. The van der Waals surface area contributed by atoms with Gasteiger partial charge in [-0.3, -0.25) is 19.2 Å². The fourth-order valence-corrected chi connectivity index (χ4v) is 5.08. The third kappa shape index (κ3) is 8.18. The highest BCUT2D eigenvalue weighted by atomic mass is 19.1. The molecule has 2 aliphatic rings. The molecule has 0 spiro atoms. The van der Waals surface area contributed by atoms with E-state index in [0.29, 0.717) is 37.3 Å². The third-order valence-electron chi connectivity index (χ3n) is 7.03. The first kappa shape index (κ1) is 29.8. The highest BCUT2D eigenvalue weighted by molar-refractivity contribution is 6.01. The van der Waals surface area contributed by atoms with Crippen LogP contribution >= 0.6 is 0 Å². The molecular weight excluding hydrogens is 531 g/mol. The van der Waals surface area contributed by atoms with Gasteiger partial charge in [-0.1, -0.05) is 26.0 Å². The molecule has 0 bridgehead atoms. The summed E-state index contributed by atoms with van der Waals surface area (Å²) in [6, 6.07) is 9.96. The molecule has 3 atom stereocenters. The Morgan fingerprint density at radius 1 is 1.12 bits per heavy atom. The van der Waals surface area contributed by atoms with Crippen molar-refractivity contribution in [2.75, 3.05) is 26.3 Å². The van der Waals surface area contributed by atoms with E-state index in [4.69, 9.17) is 9.47 Å². The topological polar surface area (TPSA) is 126 Å². The van der Waals surface area contributed by atoms with E-state index in [0.717, 1.165) is 0 Å². The van der Waals surface area contributed by atoms with Gasteiger partial charge in [-0.05, 0) is 61.6 Å². The molecule has 0 aromatic heterocycles. The Bertz CT molecular complexity index is 1240. The van der Waals surface area contributed by atoms with Crippen LogP contribution in [0, 0.1) is 11.7 Å². The molecule has 3 N–H and O–H groups in total. The predicted molar refractivity (Wildman–Crippen MR) is 149 cm³/mol. The fraction of sp³-hybridized carbons (Fsp3) is 0.467. The number of hydrogen-bond acceptors (Lipinski definition) is 6. The zero-order chi connectivity index (χ0) is 29.4. The van der Waals surface area contributed by atoms with Crippen LogP contribution in [0.15, 0.2) is 48.5 Å². The van der Waals surface area contributed by atoms with Crippen molar-refractivity contribution in [3.63, 3.8) is 0 Å². The minimum Gasteiger partial charge on any atom is -0.492 e. The number of fused-ring (bicyclic) bond motifs is 2. The molecule has 1 fully saturated rings. The molecule has 0 unspecified atom stereocenters. The van der Waals surface area contributed by atoms with E-state index in [1.165, 1.54) is 29.2 Å². The van der Waals surface area contributed by atoms with Crippen LogP contribution in [0.4, 0.5) is 4.39 Å². The number of para-hydroxylation sites is 1. The second kappa shape index (κ2) is 14.0. The summed E-state index contributed by atoms with van der Waals surface area (Å²) in [5, 5.41) is 8.44. The molecule has 2 aromatic rings. The number of ether oxygens (including phenoxy) is 2. The van der Waals surface area contributed by atoms with Gasteiger partial charge in [0.1, 0.15) is 42.6 Å². The van der Waals surface area contributed by atoms with E-state index in [9.17, 15) is 23.6 Å². The van der Waals surface area contributed by atoms with E-state index < -0.39 is 29.8 Å². The number of benzene rings is 2. The summed E-state index contributed by atoms with van der Waals surface area (Å²) in [4.78, 5) is 54.7. The van der Waals surface area contributed by atoms with Gasteiger partial charge in [-0.25, -0.2) is 4.39 Å². The van der Waals surface area contributed by atoms with E-state index >= 15 is 0 Å². The Morgan fingerprint density at radius 2 is 1.88 bits per heavy atom. The number of rotatable bonds is 7. The number of carbonyl (C=O) groups excluding carboxylic acids is 4. The van der Waals surface area contributed by atoms with Crippen LogP contribution in [-0.2, 0) is 14.4 Å². The first-order valence-electron chi connectivity index (χ1n) is 14.0. The molecule has 2 aliphatic heterocycles. The normalized spacial score (nSPS) is 21.6. The van der Waals surface area contributed by atoms with Crippen molar-refractivity contribution >= 4 is 23.6 Å². The van der Waals surface area contributed by atoms with E-state index in [-0.39, 0.29) is 55.4 Å². The molecule has 10 nitrogen and oxygen atoms in total. The summed E-state index contributed by atoms with van der Waals surface area (Å²) >= 11 is 0. The van der Waals surface area contributed by atoms with Crippen LogP contribution in [0.2, 0.25) is 0 Å². The molecule has 0 saturated carbocycles. The lowest BCUT2D eigenvalue weighted by atomic mass is 10.0. The monoisotopic (exact) mass is 568 g/mol. The number of nitrogens with one attached hydrogen (secondary N) is 3. The van der Waals surface area contributed by atoms with Crippen LogP contribution in [-0.4, -0.2) is 73.0 Å². The number of nitrogens with zero attached hydrogens (tertiary/aromatic N) is 1. The lowest BCUT2D eigenvalue weighted by molar-refractivity contribution is -0.140. The van der Waals surface area contributed by atoms with Gasteiger partial charge in [0.25, 0.3) is 5.91 Å². The predicted octanol–water partition coefficient (Wildman–Crippen LogP) is 2.42. The Morgan fingerprint density at radius 3 is 2.63 bits per heavy atom. The fourth-order valence-electron chi connectivity index (χ4n) is 5.08. The molecule has 0 radical (unpaired) electrons. The van der Waals surface area contributed by atoms with Crippen LogP contribution in [0.5, 0.6) is 11.5 Å². The van der Waals surface area contributed by atoms with Crippen molar-refractivity contribution in [2.24, 2.45) is 5.92 Å². The molecule has 2 heterocycles. The van der Waals surface area contributed by atoms with Gasteiger partial charge in [0.2, 0.25) is 17.7 Å². The van der Waals surface area contributed by atoms with Crippen molar-refractivity contribution in [2.45, 2.75) is 57.7 Å². The molecule has 0 aliphatic carbocycles. The summed E-state index contributed by atoms with van der Waals surface area (Å²) in [7, 11) is 0. The first-order chi connectivity index (χ1) is 19.7. The Balaban J connectivity index is 1.52. The van der Waals surface area contributed by atoms with Crippen LogP contribution in [0.25, 0.3) is 0 Å². The van der Waals surface area contributed by atoms with Crippen molar-refractivity contribution in [3.05, 3.63) is 59.9 Å². The molecule has 1 saturated heterocycles. The molecular formula is C30H37FN4O6. The maximum atomic E-state index is 13.4. The number of hydrogen-bond donors (Lipinski definition) is 3. The van der Waals surface area contributed by atoms with Gasteiger partial charge in [0, 0.05) is 6.54 Å². The van der Waals surface area contributed by atoms with Crippen molar-refractivity contribution in [1.29, 1.82) is 0 Å². The summed E-state index contributed by atoms with van der Waals surface area (Å²) in [5.74, 6) is -1.14. The maximum absolute atomic E-state index is 13.4. The molecule has 4 rings (SSSR count). The standard InChI is InChI=1S/C30H37FN4O6/c1-19(2)16-21-18-41-26-8-4-3-6-23(26)28(37)34-24(17-27(36)35-14-5-7-25(35)30(39)33-21)29(38)32-13-15-40-22-11-9-20(31)10-12-22/h3-4,6,8-12,19,21,24-25H,5,7,13-18H2,1-2H3,(H,32,38)(H,33,39)(H,34,37)/t21-,24+,25+/m1/s1. The summed E-state index contributed by atoms with van der Waals surface area (Å²) in [5.41, 5.74) is 0.211. The van der Waals surface area contributed by atoms with E-state index in [1.807, 2.05) is 13.8 Å². The van der Waals surface area contributed by atoms with Gasteiger partial charge in [0.05, 0.1) is 24.6 Å². The van der Waals surface area contributed by atoms with E-state index in [1.54, 1.807) is 24.3 Å². The highest BCUT2D eigenvalue weighted by Crippen LogP contribution is 2.23. The van der Waals surface area contributed by atoms with Gasteiger partial charge in [-0.15, -0.1) is 0 Å². The lowest BCUT2D eigenvalue weighted by Gasteiger charge is -2.29. The average molecular weight is 569 g/mol. The molecule has 11 heteroatoms. The van der Waals surface area contributed by atoms with Crippen LogP contribution in [0.1, 0.15) is 49.9 Å². The van der Waals surface area contributed by atoms with Crippen molar-refractivity contribution < 1.29 is 33.0 Å². The molecule has 4 amide bonds. The molecule has 220 valence electrons. The van der Waals surface area contributed by atoms with Crippen molar-refractivity contribution in [3.8, 4) is 11.5 Å². The third-order valence-corrected chi connectivity index (χ3v) is 7.03. The molecule has 2 aromatic carbocycles. The second-order valence-electron chi connectivity index (χ2n) is 10.7. The Labute approximate surface area is 238 Å². The minimum atomic E-state index is -1.20. The first-order valence-corrected chi connectivity index (χ1v) is 14.0. The SMILES string of the molecule is CC(C)C[C@@H]1COc2ccccc2C(=O)N[C@H](C(=O)NCCOc2ccc(F)cc2)CC(=O)N2CCC[C@H]2C(=O)N1. The van der Waals surface area contributed by atoms with Gasteiger partial charge >= 0.3 is 0 Å². The summed E-state index contributed by atoms with van der Waals surface area (Å²) in [6.45, 7) is 4.80. The van der Waals surface area contributed by atoms with E-state index in [2.05, 4.69) is 16.0 Å². The van der Waals surface area contributed by atoms with Gasteiger partial charge < -0.3 is 30.3 Å². The van der Waals surface area contributed by atoms with Crippen LogP contribution < -0.4 is 25.4 Å². The van der Waals surface area contributed by atoms with Crippen molar-refractivity contribution in [1.82, 2.24) is 20.9 Å². The highest BCUT2D eigenvalue weighted by Gasteiger charge is 2.37. The summed E-state index contributed by atoms with van der Waals surface area (Å²) in [6.07, 6.45) is 1.51. The maximum Gasteiger partial charge on any atom is 0.255 e. The number of amides is 4. The number of halogens is 1.